The summed E-state index contributed by atoms with van der Waals surface area (Å²) in [6.45, 7) is 1.34. The summed E-state index contributed by atoms with van der Waals surface area (Å²) in [5.74, 6) is -2.07. The summed E-state index contributed by atoms with van der Waals surface area (Å²) in [6, 6.07) is 0. The van der Waals surface area contributed by atoms with Gasteiger partial charge in [0.25, 0.3) is 0 Å². The molecule has 0 aromatic rings. The number of hydrogen-bond acceptors (Lipinski definition) is 4. The van der Waals surface area contributed by atoms with Gasteiger partial charge < -0.3 is 19.7 Å². The summed E-state index contributed by atoms with van der Waals surface area (Å²) in [6.07, 6.45) is 2.59. The van der Waals surface area contributed by atoms with Crippen LogP contribution in [0.3, 0.4) is 0 Å². The van der Waals surface area contributed by atoms with Crippen molar-refractivity contribution >= 4 is 11.9 Å². The molecule has 0 saturated heterocycles. The highest BCUT2D eigenvalue weighted by atomic mass is 16.7. The number of aliphatic carboxylic acids is 2. The first-order chi connectivity index (χ1) is 7.91. The van der Waals surface area contributed by atoms with Crippen LogP contribution in [0, 0.1) is 5.41 Å². The Bertz CT molecular complexity index is 395. The van der Waals surface area contributed by atoms with Gasteiger partial charge >= 0.3 is 11.9 Å². The van der Waals surface area contributed by atoms with Gasteiger partial charge in [0.15, 0.2) is 6.79 Å². The van der Waals surface area contributed by atoms with Crippen LogP contribution in [0.4, 0.5) is 0 Å². The van der Waals surface area contributed by atoms with E-state index >= 15 is 0 Å². The van der Waals surface area contributed by atoms with Crippen molar-refractivity contribution in [2.75, 3.05) is 13.9 Å². The number of rotatable bonds is 5. The first-order valence-electron chi connectivity index (χ1n) is 4.91. The Morgan fingerprint density at radius 1 is 1.41 bits per heavy atom. The van der Waals surface area contributed by atoms with Gasteiger partial charge in [0.05, 0.1) is 0 Å². The molecule has 1 aliphatic rings. The van der Waals surface area contributed by atoms with E-state index in [-0.39, 0.29) is 24.5 Å². The number of methoxy groups -OCH3 is 1. The lowest BCUT2D eigenvalue weighted by Gasteiger charge is -2.30. The van der Waals surface area contributed by atoms with Crippen molar-refractivity contribution in [3.63, 3.8) is 0 Å². The zero-order valence-corrected chi connectivity index (χ0v) is 9.60. The number of allylic oxidation sites excluding steroid dienone is 2. The summed E-state index contributed by atoms with van der Waals surface area (Å²) in [4.78, 5) is 22.1. The zero-order valence-electron chi connectivity index (χ0n) is 9.60. The first kappa shape index (κ1) is 13.2. The van der Waals surface area contributed by atoms with Gasteiger partial charge in [0.1, 0.15) is 11.2 Å². The van der Waals surface area contributed by atoms with Gasteiger partial charge in [0, 0.05) is 19.1 Å². The molecule has 6 heteroatoms. The highest BCUT2D eigenvalue weighted by Gasteiger charge is 2.42. The summed E-state index contributed by atoms with van der Waals surface area (Å²) in [5.41, 5.74) is -1.33. The van der Waals surface area contributed by atoms with E-state index < -0.39 is 17.4 Å². The lowest BCUT2D eigenvalue weighted by atomic mass is 9.78. The third kappa shape index (κ3) is 2.65. The topological polar surface area (TPSA) is 93.1 Å². The predicted molar refractivity (Wildman–Crippen MR) is 57.1 cm³/mol. The molecule has 6 nitrogen and oxygen atoms in total. The molecule has 0 amide bonds. The van der Waals surface area contributed by atoms with E-state index in [0.29, 0.717) is 0 Å². The van der Waals surface area contributed by atoms with Gasteiger partial charge in [-0.15, -0.1) is 0 Å². The van der Waals surface area contributed by atoms with Crippen molar-refractivity contribution in [1.82, 2.24) is 0 Å². The second kappa shape index (κ2) is 5.01. The van der Waals surface area contributed by atoms with Crippen molar-refractivity contribution < 1.29 is 29.3 Å². The molecule has 0 saturated carbocycles. The Balaban J connectivity index is 3.03. The van der Waals surface area contributed by atoms with Crippen molar-refractivity contribution in [2.24, 2.45) is 5.41 Å². The van der Waals surface area contributed by atoms with Crippen LogP contribution >= 0.6 is 0 Å². The lowest BCUT2D eigenvalue weighted by Crippen LogP contribution is -2.34. The molecular weight excluding hydrogens is 228 g/mol. The normalized spacial score (nSPS) is 23.6. The Kier molecular flexibility index (Phi) is 3.90. The second-order valence-electron chi connectivity index (χ2n) is 3.89. The molecule has 1 unspecified atom stereocenters. The average Bonchev–Trinajstić information content (AvgIpc) is 2.27. The van der Waals surface area contributed by atoms with Crippen molar-refractivity contribution in [3.8, 4) is 0 Å². The highest BCUT2D eigenvalue weighted by molar-refractivity contribution is 5.90. The Morgan fingerprint density at radius 3 is 2.53 bits per heavy atom. The molecule has 0 bridgehead atoms. The van der Waals surface area contributed by atoms with Crippen molar-refractivity contribution in [3.05, 3.63) is 23.5 Å². The lowest BCUT2D eigenvalue weighted by molar-refractivity contribution is -0.149. The largest absolute Gasteiger partial charge is 0.480 e. The van der Waals surface area contributed by atoms with E-state index in [0.717, 1.165) is 0 Å². The van der Waals surface area contributed by atoms with E-state index in [1.165, 1.54) is 26.2 Å². The highest BCUT2D eigenvalue weighted by Crippen LogP contribution is 2.38. The van der Waals surface area contributed by atoms with Crippen LogP contribution in [-0.2, 0) is 19.1 Å². The molecule has 2 N–H and O–H groups in total. The monoisotopic (exact) mass is 242 g/mol. The van der Waals surface area contributed by atoms with Gasteiger partial charge in [-0.1, -0.05) is 0 Å². The van der Waals surface area contributed by atoms with Crippen LogP contribution in [0.1, 0.15) is 13.3 Å². The maximum atomic E-state index is 11.2. The average molecular weight is 242 g/mol. The van der Waals surface area contributed by atoms with E-state index in [9.17, 15) is 14.7 Å². The fraction of sp³-hybridized carbons (Fsp3) is 0.455. The maximum Gasteiger partial charge on any atom is 0.331 e. The third-order valence-corrected chi connectivity index (χ3v) is 2.60. The van der Waals surface area contributed by atoms with Gasteiger partial charge in [-0.3, -0.25) is 4.79 Å². The summed E-state index contributed by atoms with van der Waals surface area (Å²) in [7, 11) is 1.42. The molecule has 0 aromatic carbocycles. The Morgan fingerprint density at radius 2 is 2.06 bits per heavy atom. The van der Waals surface area contributed by atoms with Gasteiger partial charge in [-0.25, -0.2) is 4.79 Å². The molecule has 0 aromatic heterocycles. The molecule has 0 heterocycles. The van der Waals surface area contributed by atoms with Crippen LogP contribution in [0.15, 0.2) is 23.5 Å². The SMILES string of the molecule is COCOC1=CC=C(C(=O)O)CC1(C)C(=O)O. The minimum absolute atomic E-state index is 0.0414. The quantitative estimate of drug-likeness (QED) is 0.698. The van der Waals surface area contributed by atoms with E-state index in [4.69, 9.17) is 14.6 Å². The maximum absolute atomic E-state index is 11.2. The van der Waals surface area contributed by atoms with Gasteiger partial charge in [-0.05, 0) is 19.1 Å². The second-order valence-corrected chi connectivity index (χ2v) is 3.89. The summed E-state index contributed by atoms with van der Waals surface area (Å²) < 4.78 is 9.86. The van der Waals surface area contributed by atoms with E-state index in [1.54, 1.807) is 0 Å². The fourth-order valence-electron chi connectivity index (χ4n) is 1.54. The minimum Gasteiger partial charge on any atom is -0.480 e. The first-order valence-corrected chi connectivity index (χ1v) is 4.91. The number of carbonyl (C=O) groups is 2. The molecule has 0 fully saturated rings. The van der Waals surface area contributed by atoms with Crippen molar-refractivity contribution in [2.45, 2.75) is 13.3 Å². The number of carboxylic acid groups (broad SMARTS) is 2. The molecule has 1 aliphatic carbocycles. The number of ether oxygens (including phenoxy) is 2. The van der Waals surface area contributed by atoms with Gasteiger partial charge in [0.2, 0.25) is 0 Å². The molecule has 94 valence electrons. The number of carboxylic acids is 2. The van der Waals surface area contributed by atoms with E-state index in [2.05, 4.69) is 0 Å². The third-order valence-electron chi connectivity index (χ3n) is 2.60. The molecule has 0 spiro atoms. The number of hydrogen-bond donors (Lipinski definition) is 2. The molecule has 1 atom stereocenters. The Labute approximate surface area is 98.1 Å². The van der Waals surface area contributed by atoms with Crippen LogP contribution in [0.2, 0.25) is 0 Å². The van der Waals surface area contributed by atoms with Crippen LogP contribution in [0.5, 0.6) is 0 Å². The molecule has 0 aliphatic heterocycles. The summed E-state index contributed by atoms with van der Waals surface area (Å²) >= 11 is 0. The Hall–Kier alpha value is -1.82. The molecule has 0 radical (unpaired) electrons. The van der Waals surface area contributed by atoms with Gasteiger partial charge in [-0.2, -0.15) is 0 Å². The standard InChI is InChI=1S/C11H14O6/c1-11(10(14)15)5-7(9(12)13)3-4-8(11)17-6-16-2/h3-4H,5-6H2,1-2H3,(H,12,13)(H,14,15). The van der Waals surface area contributed by atoms with Crippen LogP contribution in [0.25, 0.3) is 0 Å². The van der Waals surface area contributed by atoms with E-state index in [1.807, 2.05) is 0 Å². The molecular formula is C11H14O6. The van der Waals surface area contributed by atoms with Crippen molar-refractivity contribution in [1.29, 1.82) is 0 Å². The summed E-state index contributed by atoms with van der Waals surface area (Å²) in [5, 5.41) is 18.0. The van der Waals surface area contributed by atoms with Crippen LogP contribution < -0.4 is 0 Å². The fourth-order valence-corrected chi connectivity index (χ4v) is 1.54. The molecule has 1 rings (SSSR count). The predicted octanol–water partition coefficient (Wildman–Crippen LogP) is 0.996. The zero-order chi connectivity index (χ0) is 13.1. The smallest absolute Gasteiger partial charge is 0.331 e. The minimum atomic E-state index is -1.37. The molecule has 17 heavy (non-hydrogen) atoms. The van der Waals surface area contributed by atoms with Crippen LogP contribution in [-0.4, -0.2) is 36.1 Å².